The zero-order chi connectivity index (χ0) is 13.1. The van der Waals surface area contributed by atoms with Gasteiger partial charge in [-0.15, -0.1) is 0 Å². The van der Waals surface area contributed by atoms with Crippen LogP contribution in [-0.4, -0.2) is 23.1 Å². The summed E-state index contributed by atoms with van der Waals surface area (Å²) in [5, 5.41) is 0.597. The predicted molar refractivity (Wildman–Crippen MR) is 76.4 cm³/mol. The number of nitrogens with zero attached hydrogens (tertiary/aromatic N) is 3. The minimum Gasteiger partial charge on any atom is -0.356 e. The molecule has 0 amide bonds. The van der Waals surface area contributed by atoms with E-state index >= 15 is 0 Å². The van der Waals surface area contributed by atoms with E-state index in [2.05, 4.69) is 28.8 Å². The maximum Gasteiger partial charge on any atom is 0.137 e. The topological polar surface area (TPSA) is 29.0 Å². The number of hydrogen-bond acceptors (Lipinski definition) is 3. The minimum absolute atomic E-state index is 0.597. The van der Waals surface area contributed by atoms with E-state index in [1.807, 2.05) is 6.92 Å². The van der Waals surface area contributed by atoms with E-state index < -0.39 is 0 Å². The van der Waals surface area contributed by atoms with Crippen LogP contribution >= 0.6 is 11.6 Å². The fraction of sp³-hybridized carbons (Fsp3) is 0.714. The van der Waals surface area contributed by atoms with Gasteiger partial charge < -0.3 is 4.90 Å². The third-order valence-electron chi connectivity index (χ3n) is 3.88. The number of hydrogen-bond donors (Lipinski definition) is 0. The molecule has 3 nitrogen and oxygen atoms in total. The van der Waals surface area contributed by atoms with Gasteiger partial charge in [0.2, 0.25) is 0 Å². The summed E-state index contributed by atoms with van der Waals surface area (Å²) in [4.78, 5) is 11.3. The van der Waals surface area contributed by atoms with E-state index in [1.165, 1.54) is 32.1 Å². The highest BCUT2D eigenvalue weighted by Crippen LogP contribution is 2.29. The first-order valence-electron chi connectivity index (χ1n) is 6.89. The highest BCUT2D eigenvalue weighted by atomic mass is 35.5. The number of anilines is 1. The molecule has 0 aliphatic heterocycles. The Balaban J connectivity index is 2.27. The Bertz CT molecular complexity index is 414. The molecule has 0 radical (unpaired) electrons. The average molecular weight is 268 g/mol. The zero-order valence-corrected chi connectivity index (χ0v) is 12.3. The van der Waals surface area contributed by atoms with Crippen molar-refractivity contribution in [2.75, 3.05) is 11.9 Å². The largest absolute Gasteiger partial charge is 0.356 e. The Morgan fingerprint density at radius 2 is 1.89 bits per heavy atom. The van der Waals surface area contributed by atoms with Crippen LogP contribution in [0.1, 0.15) is 50.4 Å². The number of aryl methyl sites for hydroxylation is 1. The van der Waals surface area contributed by atoms with Crippen LogP contribution in [0.5, 0.6) is 0 Å². The first kappa shape index (κ1) is 13.6. The maximum absolute atomic E-state index is 6.20. The van der Waals surface area contributed by atoms with Crippen LogP contribution < -0.4 is 4.90 Å². The first-order chi connectivity index (χ1) is 8.63. The molecule has 1 aliphatic rings. The minimum atomic E-state index is 0.597. The van der Waals surface area contributed by atoms with Crippen LogP contribution in [0.3, 0.4) is 0 Å². The van der Waals surface area contributed by atoms with Gasteiger partial charge in [0.25, 0.3) is 0 Å². The van der Waals surface area contributed by atoms with E-state index in [0.29, 0.717) is 11.2 Å². The molecule has 1 fully saturated rings. The van der Waals surface area contributed by atoms with Crippen molar-refractivity contribution in [3.05, 3.63) is 16.5 Å². The van der Waals surface area contributed by atoms with Crippen LogP contribution in [0.4, 0.5) is 5.82 Å². The van der Waals surface area contributed by atoms with Gasteiger partial charge in [0.05, 0.1) is 0 Å². The molecule has 2 rings (SSSR count). The Morgan fingerprint density at radius 1 is 1.22 bits per heavy atom. The molecule has 0 N–H and O–H groups in total. The summed E-state index contributed by atoms with van der Waals surface area (Å²) in [6.45, 7) is 4.07. The van der Waals surface area contributed by atoms with Gasteiger partial charge in [0.1, 0.15) is 16.8 Å². The molecule has 4 heteroatoms. The summed E-state index contributed by atoms with van der Waals surface area (Å²) in [5.74, 6) is 1.85. The van der Waals surface area contributed by atoms with E-state index in [4.69, 9.17) is 11.6 Å². The van der Waals surface area contributed by atoms with Crippen LogP contribution in [0, 0.1) is 6.92 Å². The lowest BCUT2D eigenvalue weighted by molar-refractivity contribution is 0.425. The molecule has 1 saturated carbocycles. The molecule has 100 valence electrons. The second-order valence-electron chi connectivity index (χ2n) is 5.14. The quantitative estimate of drug-likeness (QED) is 0.781. The fourth-order valence-electron chi connectivity index (χ4n) is 2.66. The monoisotopic (exact) mass is 267 g/mol. The van der Waals surface area contributed by atoms with Gasteiger partial charge in [-0.05, 0) is 19.8 Å². The summed E-state index contributed by atoms with van der Waals surface area (Å²) in [7, 11) is 2.14. The SMILES string of the molecule is CCc1nc(Cl)c(C)c(N(C)C2CCCCC2)n1. The number of aromatic nitrogens is 2. The summed E-state index contributed by atoms with van der Waals surface area (Å²) in [5.41, 5.74) is 1.00. The van der Waals surface area contributed by atoms with E-state index in [1.54, 1.807) is 0 Å². The van der Waals surface area contributed by atoms with E-state index in [9.17, 15) is 0 Å². The third-order valence-corrected chi connectivity index (χ3v) is 4.25. The van der Waals surface area contributed by atoms with Crippen molar-refractivity contribution < 1.29 is 0 Å². The van der Waals surface area contributed by atoms with Crippen LogP contribution in [-0.2, 0) is 6.42 Å². The lowest BCUT2D eigenvalue weighted by atomic mass is 9.94. The summed E-state index contributed by atoms with van der Waals surface area (Å²) < 4.78 is 0. The smallest absolute Gasteiger partial charge is 0.137 e. The predicted octanol–water partition coefficient (Wildman–Crippen LogP) is 3.77. The molecule has 0 unspecified atom stereocenters. The molecule has 1 aromatic heterocycles. The summed E-state index contributed by atoms with van der Waals surface area (Å²) >= 11 is 6.20. The van der Waals surface area contributed by atoms with Crippen molar-refractivity contribution in [2.24, 2.45) is 0 Å². The maximum atomic E-state index is 6.20. The Labute approximate surface area is 115 Å². The van der Waals surface area contributed by atoms with Crippen molar-refractivity contribution in [1.29, 1.82) is 0 Å². The molecular formula is C14H22ClN3. The average Bonchev–Trinajstić information content (AvgIpc) is 2.42. The molecule has 0 saturated heterocycles. The molecular weight excluding hydrogens is 246 g/mol. The molecule has 0 atom stereocenters. The van der Waals surface area contributed by atoms with Gasteiger partial charge >= 0.3 is 0 Å². The van der Waals surface area contributed by atoms with Gasteiger partial charge in [-0.25, -0.2) is 9.97 Å². The standard InChI is InChI=1S/C14H22ClN3/c1-4-12-16-13(15)10(2)14(17-12)18(3)11-8-6-5-7-9-11/h11H,4-9H2,1-3H3. The van der Waals surface area contributed by atoms with Crippen molar-refractivity contribution in [3.8, 4) is 0 Å². The highest BCUT2D eigenvalue weighted by Gasteiger charge is 2.22. The van der Waals surface area contributed by atoms with E-state index in [0.717, 1.165) is 23.6 Å². The van der Waals surface area contributed by atoms with Gasteiger partial charge in [-0.1, -0.05) is 37.8 Å². The normalized spacial score (nSPS) is 16.9. The molecule has 18 heavy (non-hydrogen) atoms. The summed E-state index contributed by atoms with van der Waals surface area (Å²) in [6.07, 6.45) is 7.37. The van der Waals surface area contributed by atoms with Crippen molar-refractivity contribution >= 4 is 17.4 Å². The van der Waals surface area contributed by atoms with E-state index in [-0.39, 0.29) is 0 Å². The number of rotatable bonds is 3. The Morgan fingerprint density at radius 3 is 2.50 bits per heavy atom. The lowest BCUT2D eigenvalue weighted by Crippen LogP contribution is -2.34. The van der Waals surface area contributed by atoms with Crippen LogP contribution in [0.2, 0.25) is 5.15 Å². The molecule has 0 bridgehead atoms. The van der Waals surface area contributed by atoms with Crippen molar-refractivity contribution in [2.45, 2.75) is 58.4 Å². The fourth-order valence-corrected chi connectivity index (χ4v) is 2.85. The molecule has 1 aliphatic carbocycles. The highest BCUT2D eigenvalue weighted by molar-refractivity contribution is 6.30. The second-order valence-corrected chi connectivity index (χ2v) is 5.49. The Kier molecular flexibility index (Phi) is 4.44. The second kappa shape index (κ2) is 5.87. The van der Waals surface area contributed by atoms with Crippen molar-refractivity contribution in [1.82, 2.24) is 9.97 Å². The van der Waals surface area contributed by atoms with Gasteiger partial charge in [-0.3, -0.25) is 0 Å². The van der Waals surface area contributed by atoms with Crippen molar-refractivity contribution in [3.63, 3.8) is 0 Å². The molecule has 0 spiro atoms. The van der Waals surface area contributed by atoms with Gasteiger partial charge in [-0.2, -0.15) is 0 Å². The molecule has 1 aromatic rings. The summed E-state index contributed by atoms with van der Waals surface area (Å²) in [6, 6.07) is 0.605. The molecule has 0 aromatic carbocycles. The third kappa shape index (κ3) is 2.77. The Hall–Kier alpha value is -0.830. The van der Waals surface area contributed by atoms with Crippen LogP contribution in [0.25, 0.3) is 0 Å². The lowest BCUT2D eigenvalue weighted by Gasteiger charge is -2.33. The number of halogens is 1. The van der Waals surface area contributed by atoms with Crippen LogP contribution in [0.15, 0.2) is 0 Å². The zero-order valence-electron chi connectivity index (χ0n) is 11.5. The molecule has 1 heterocycles. The van der Waals surface area contributed by atoms with Gasteiger partial charge in [0.15, 0.2) is 0 Å². The first-order valence-corrected chi connectivity index (χ1v) is 7.27. The van der Waals surface area contributed by atoms with Gasteiger partial charge in [0, 0.05) is 25.1 Å².